The summed E-state index contributed by atoms with van der Waals surface area (Å²) in [6, 6.07) is 24.0. The van der Waals surface area contributed by atoms with Gasteiger partial charge in [0.25, 0.3) is 0 Å². The van der Waals surface area contributed by atoms with E-state index >= 15 is 0 Å². The van der Waals surface area contributed by atoms with Crippen molar-refractivity contribution in [2.24, 2.45) is 0 Å². The van der Waals surface area contributed by atoms with Gasteiger partial charge >= 0.3 is 0 Å². The Balaban J connectivity index is 1.82. The maximum Gasteiger partial charge on any atom is 0.0550 e. The summed E-state index contributed by atoms with van der Waals surface area (Å²) in [7, 11) is 0. The molecule has 1 nitrogen and oxygen atoms in total. The number of nitrogens with one attached hydrogen (secondary N) is 1. The molecule has 0 saturated carbocycles. The standard InChI is InChI=1S/C26H18BrN/c27-17-8-5-7-16(15-17)18-13-6-14-23-24-21-11-3-1-9-19(21)20-10-2-4-12-22(20)26(24)28-25(18)23/h2-8,10-15,28H,1,9H2. The van der Waals surface area contributed by atoms with Gasteiger partial charge in [-0.2, -0.15) is 0 Å². The number of aryl methyl sites for hydroxylation is 1. The normalized spacial score (nSPS) is 13.5. The van der Waals surface area contributed by atoms with Crippen molar-refractivity contribution >= 4 is 54.6 Å². The van der Waals surface area contributed by atoms with Crippen molar-refractivity contribution in [2.45, 2.75) is 12.8 Å². The Hall–Kier alpha value is -2.84. The van der Waals surface area contributed by atoms with Gasteiger partial charge in [0.1, 0.15) is 0 Å². The van der Waals surface area contributed by atoms with Crippen LogP contribution in [0.2, 0.25) is 0 Å². The molecule has 0 fully saturated rings. The molecule has 0 radical (unpaired) electrons. The number of H-pyrrole nitrogens is 1. The topological polar surface area (TPSA) is 15.8 Å². The molecule has 4 aromatic carbocycles. The quantitative estimate of drug-likeness (QED) is 0.282. The molecule has 0 atom stereocenters. The molecule has 1 heterocycles. The van der Waals surface area contributed by atoms with Crippen LogP contribution in [0.15, 0.2) is 77.3 Å². The Morgan fingerprint density at radius 2 is 1.61 bits per heavy atom. The molecule has 28 heavy (non-hydrogen) atoms. The highest BCUT2D eigenvalue weighted by molar-refractivity contribution is 9.10. The molecule has 1 aliphatic rings. The van der Waals surface area contributed by atoms with E-state index in [9.17, 15) is 0 Å². The molecule has 134 valence electrons. The monoisotopic (exact) mass is 423 g/mol. The zero-order valence-electron chi connectivity index (χ0n) is 15.3. The summed E-state index contributed by atoms with van der Waals surface area (Å²) in [5, 5.41) is 5.37. The second-order valence-electron chi connectivity index (χ2n) is 7.49. The number of hydrogen-bond acceptors (Lipinski definition) is 0. The summed E-state index contributed by atoms with van der Waals surface area (Å²) in [6.45, 7) is 0. The SMILES string of the molecule is Brc1cccc(-c2cccc3c2[nH]c2c4ccccc4c4c(c32)C=CCC4)c1. The second kappa shape index (κ2) is 6.08. The first-order valence-corrected chi connectivity index (χ1v) is 10.5. The van der Waals surface area contributed by atoms with Crippen LogP contribution in [-0.4, -0.2) is 4.98 Å². The number of para-hydroxylation sites is 1. The highest BCUT2D eigenvalue weighted by Crippen LogP contribution is 2.42. The van der Waals surface area contributed by atoms with E-state index in [1.807, 2.05) is 0 Å². The Kier molecular flexibility index (Phi) is 3.51. The van der Waals surface area contributed by atoms with E-state index < -0.39 is 0 Å². The largest absolute Gasteiger partial charge is 0.353 e. The Morgan fingerprint density at radius 3 is 2.50 bits per heavy atom. The zero-order chi connectivity index (χ0) is 18.7. The van der Waals surface area contributed by atoms with Gasteiger partial charge in [-0.25, -0.2) is 0 Å². The van der Waals surface area contributed by atoms with Gasteiger partial charge in [-0.15, -0.1) is 0 Å². The molecule has 0 spiro atoms. The van der Waals surface area contributed by atoms with Gasteiger partial charge in [0.05, 0.1) is 11.0 Å². The number of aromatic nitrogens is 1. The van der Waals surface area contributed by atoms with Crippen molar-refractivity contribution in [3.8, 4) is 11.1 Å². The average Bonchev–Trinajstić information content (AvgIpc) is 3.14. The molecule has 1 aliphatic carbocycles. The van der Waals surface area contributed by atoms with Gasteiger partial charge in [-0.05, 0) is 47.1 Å². The lowest BCUT2D eigenvalue weighted by Gasteiger charge is -2.16. The molecule has 0 saturated heterocycles. The molecule has 0 bridgehead atoms. The molecule has 6 rings (SSSR count). The fourth-order valence-electron chi connectivity index (χ4n) is 4.74. The summed E-state index contributed by atoms with van der Waals surface area (Å²) in [5.41, 5.74) is 7.80. The lowest BCUT2D eigenvalue weighted by molar-refractivity contribution is 1.00. The number of benzene rings is 4. The van der Waals surface area contributed by atoms with Crippen molar-refractivity contribution in [2.75, 3.05) is 0 Å². The van der Waals surface area contributed by atoms with E-state index in [0.717, 1.165) is 17.3 Å². The zero-order valence-corrected chi connectivity index (χ0v) is 16.9. The average molecular weight is 424 g/mol. The molecule has 0 unspecified atom stereocenters. The highest BCUT2D eigenvalue weighted by atomic mass is 79.9. The van der Waals surface area contributed by atoms with E-state index in [4.69, 9.17) is 0 Å². The van der Waals surface area contributed by atoms with E-state index in [-0.39, 0.29) is 0 Å². The van der Waals surface area contributed by atoms with Crippen molar-refractivity contribution in [3.63, 3.8) is 0 Å². The van der Waals surface area contributed by atoms with Gasteiger partial charge in [0.15, 0.2) is 0 Å². The second-order valence-corrected chi connectivity index (χ2v) is 8.41. The summed E-state index contributed by atoms with van der Waals surface area (Å²) in [4.78, 5) is 3.81. The van der Waals surface area contributed by atoms with Gasteiger partial charge in [0.2, 0.25) is 0 Å². The molecular weight excluding hydrogens is 406 g/mol. The third kappa shape index (κ3) is 2.25. The van der Waals surface area contributed by atoms with Gasteiger partial charge in [-0.1, -0.05) is 82.7 Å². The highest BCUT2D eigenvalue weighted by Gasteiger charge is 2.19. The first-order chi connectivity index (χ1) is 13.8. The van der Waals surface area contributed by atoms with Crippen LogP contribution in [0.5, 0.6) is 0 Å². The smallest absolute Gasteiger partial charge is 0.0550 e. The Bertz CT molecular complexity index is 1420. The van der Waals surface area contributed by atoms with E-state index in [0.29, 0.717) is 0 Å². The minimum Gasteiger partial charge on any atom is -0.353 e. The van der Waals surface area contributed by atoms with Crippen molar-refractivity contribution < 1.29 is 0 Å². The van der Waals surface area contributed by atoms with Gasteiger partial charge in [-0.3, -0.25) is 0 Å². The fraction of sp³-hybridized carbons (Fsp3) is 0.0769. The van der Waals surface area contributed by atoms with Crippen molar-refractivity contribution in [3.05, 3.63) is 88.4 Å². The van der Waals surface area contributed by atoms with Crippen molar-refractivity contribution in [1.82, 2.24) is 4.98 Å². The molecule has 0 aliphatic heterocycles. The van der Waals surface area contributed by atoms with E-state index in [1.165, 1.54) is 54.8 Å². The number of fused-ring (bicyclic) bond motifs is 8. The van der Waals surface area contributed by atoms with Crippen LogP contribution >= 0.6 is 15.9 Å². The van der Waals surface area contributed by atoms with Crippen molar-refractivity contribution in [1.29, 1.82) is 0 Å². The lowest BCUT2D eigenvalue weighted by atomic mass is 9.88. The Morgan fingerprint density at radius 1 is 0.786 bits per heavy atom. The molecule has 5 aromatic rings. The minimum atomic E-state index is 1.10. The summed E-state index contributed by atoms with van der Waals surface area (Å²) < 4.78 is 1.10. The summed E-state index contributed by atoms with van der Waals surface area (Å²) in [5.74, 6) is 0. The predicted molar refractivity (Wildman–Crippen MR) is 124 cm³/mol. The number of hydrogen-bond donors (Lipinski definition) is 1. The molecule has 2 heteroatoms. The van der Waals surface area contributed by atoms with Gasteiger partial charge in [0, 0.05) is 26.2 Å². The van der Waals surface area contributed by atoms with Crippen LogP contribution in [0.4, 0.5) is 0 Å². The van der Waals surface area contributed by atoms with Crippen LogP contribution in [0.3, 0.4) is 0 Å². The molecule has 1 aromatic heterocycles. The number of aromatic amines is 1. The number of allylic oxidation sites excluding steroid dienone is 1. The Labute approximate surface area is 171 Å². The lowest BCUT2D eigenvalue weighted by Crippen LogP contribution is -1.96. The third-order valence-electron chi connectivity index (χ3n) is 5.93. The van der Waals surface area contributed by atoms with Crippen LogP contribution in [-0.2, 0) is 6.42 Å². The van der Waals surface area contributed by atoms with E-state index in [2.05, 4.69) is 99.8 Å². The summed E-state index contributed by atoms with van der Waals surface area (Å²) in [6.07, 6.45) is 6.87. The third-order valence-corrected chi connectivity index (χ3v) is 6.42. The van der Waals surface area contributed by atoms with Crippen LogP contribution in [0, 0.1) is 0 Å². The molecule has 0 amide bonds. The molecular formula is C26H18BrN. The maximum atomic E-state index is 3.81. The fourth-order valence-corrected chi connectivity index (χ4v) is 5.14. The maximum absolute atomic E-state index is 3.81. The van der Waals surface area contributed by atoms with Crippen LogP contribution in [0.25, 0.3) is 49.8 Å². The molecule has 1 N–H and O–H groups in total. The summed E-state index contributed by atoms with van der Waals surface area (Å²) >= 11 is 3.62. The predicted octanol–water partition coefficient (Wildman–Crippen LogP) is 7.86. The number of rotatable bonds is 1. The van der Waals surface area contributed by atoms with Crippen LogP contribution < -0.4 is 0 Å². The first-order valence-electron chi connectivity index (χ1n) is 9.72. The van der Waals surface area contributed by atoms with Crippen LogP contribution in [0.1, 0.15) is 17.5 Å². The number of halogens is 1. The van der Waals surface area contributed by atoms with Gasteiger partial charge < -0.3 is 4.98 Å². The minimum absolute atomic E-state index is 1.10. The van der Waals surface area contributed by atoms with E-state index in [1.54, 1.807) is 0 Å². The first kappa shape index (κ1) is 16.1.